The van der Waals surface area contributed by atoms with Crippen molar-refractivity contribution in [3.05, 3.63) is 87.4 Å². The average molecular weight is 543 g/mol. The lowest BCUT2D eigenvalue weighted by molar-refractivity contribution is -0.118. The first-order valence-electron chi connectivity index (χ1n) is 12.5. The first-order valence-corrected chi connectivity index (χ1v) is 13.2. The van der Waals surface area contributed by atoms with Gasteiger partial charge in [0.15, 0.2) is 6.61 Å². The number of halogens is 2. The molecule has 4 rings (SSSR count). The Kier molecular flexibility index (Phi) is 9.01. The van der Waals surface area contributed by atoms with Crippen LogP contribution in [0.3, 0.4) is 0 Å². The average Bonchev–Trinajstić information content (AvgIpc) is 2.88. The first kappa shape index (κ1) is 27.3. The van der Waals surface area contributed by atoms with E-state index < -0.39 is 0 Å². The number of nitrogens with one attached hydrogen (secondary N) is 1. The highest BCUT2D eigenvalue weighted by Crippen LogP contribution is 2.45. The predicted molar refractivity (Wildman–Crippen MR) is 149 cm³/mol. The van der Waals surface area contributed by atoms with Crippen molar-refractivity contribution in [2.24, 2.45) is 11.8 Å². The molecule has 3 atom stereocenters. The molecule has 1 saturated heterocycles. The molecule has 0 unspecified atom stereocenters. The van der Waals surface area contributed by atoms with Crippen molar-refractivity contribution < 1.29 is 19.0 Å². The second kappa shape index (κ2) is 12.2. The number of hydrogen-bond acceptors (Lipinski definition) is 4. The molecule has 0 aliphatic carbocycles. The summed E-state index contributed by atoms with van der Waals surface area (Å²) in [5, 5.41) is 4.18. The molecule has 1 amide bonds. The zero-order valence-corrected chi connectivity index (χ0v) is 23.1. The van der Waals surface area contributed by atoms with Gasteiger partial charge in [0.25, 0.3) is 5.91 Å². The van der Waals surface area contributed by atoms with E-state index in [0.717, 1.165) is 23.1 Å². The topological polar surface area (TPSA) is 56.8 Å². The molecule has 196 valence electrons. The molecule has 3 aromatic rings. The summed E-state index contributed by atoms with van der Waals surface area (Å²) in [7, 11) is 1.57. The quantitative estimate of drug-likeness (QED) is 0.315. The number of aryl methyl sites for hydroxylation is 1. The van der Waals surface area contributed by atoms with Gasteiger partial charge in [0.2, 0.25) is 0 Å². The second-order valence-electron chi connectivity index (χ2n) is 9.87. The molecular formula is C30H33Cl2NO4. The standard InChI is InChI=1S/C30H33Cl2NO4/c1-18(2)25-14-21(24-11-8-22(31)15-26(24)32)16-37-30(25)20-6-9-23(10-7-20)36-17-29(34)33-27-13-19(3)5-12-28(27)35-4/h5-13,15,18,21,25,30H,14,16-17H2,1-4H3,(H,33,34)/t21-,25-,30-/m0/s1. The third-order valence-electron chi connectivity index (χ3n) is 6.89. The summed E-state index contributed by atoms with van der Waals surface area (Å²) in [4.78, 5) is 12.5. The van der Waals surface area contributed by atoms with Crippen LogP contribution in [0.2, 0.25) is 10.0 Å². The summed E-state index contributed by atoms with van der Waals surface area (Å²) in [6.45, 7) is 6.91. The van der Waals surface area contributed by atoms with E-state index in [0.29, 0.717) is 45.7 Å². The maximum Gasteiger partial charge on any atom is 0.262 e. The van der Waals surface area contributed by atoms with Crippen molar-refractivity contribution >= 4 is 34.8 Å². The van der Waals surface area contributed by atoms with Gasteiger partial charge in [-0.2, -0.15) is 0 Å². The highest BCUT2D eigenvalue weighted by atomic mass is 35.5. The van der Waals surface area contributed by atoms with Crippen LogP contribution in [0.15, 0.2) is 60.7 Å². The van der Waals surface area contributed by atoms with E-state index in [1.807, 2.05) is 61.5 Å². The van der Waals surface area contributed by atoms with E-state index in [2.05, 4.69) is 19.2 Å². The summed E-state index contributed by atoms with van der Waals surface area (Å²) in [6.07, 6.45) is 0.957. The third kappa shape index (κ3) is 6.78. The zero-order chi connectivity index (χ0) is 26.5. The van der Waals surface area contributed by atoms with Gasteiger partial charge in [-0.3, -0.25) is 4.79 Å². The predicted octanol–water partition coefficient (Wildman–Crippen LogP) is 7.85. The Morgan fingerprint density at radius 1 is 1.08 bits per heavy atom. The van der Waals surface area contributed by atoms with Crippen LogP contribution >= 0.6 is 23.2 Å². The lowest BCUT2D eigenvalue weighted by Gasteiger charge is -2.39. The van der Waals surface area contributed by atoms with Gasteiger partial charge in [-0.1, -0.05) is 61.3 Å². The minimum atomic E-state index is -0.254. The molecule has 1 fully saturated rings. The van der Waals surface area contributed by atoms with Crippen molar-refractivity contribution in [2.75, 3.05) is 25.6 Å². The molecule has 1 aliphatic heterocycles. The van der Waals surface area contributed by atoms with Crippen LogP contribution < -0.4 is 14.8 Å². The molecule has 3 aromatic carbocycles. The summed E-state index contributed by atoms with van der Waals surface area (Å²) in [5.74, 6) is 1.95. The molecule has 1 heterocycles. The number of anilines is 1. The maximum atomic E-state index is 12.5. The first-order chi connectivity index (χ1) is 17.7. The fourth-order valence-electron chi connectivity index (χ4n) is 4.89. The highest BCUT2D eigenvalue weighted by Gasteiger charge is 2.35. The van der Waals surface area contributed by atoms with Gasteiger partial charge < -0.3 is 19.5 Å². The molecule has 0 radical (unpaired) electrons. The SMILES string of the molecule is COc1ccc(C)cc1NC(=O)COc1ccc([C@@H]2OC[C@@H](c3ccc(Cl)cc3Cl)C[C@H]2C(C)C)cc1. The molecular weight excluding hydrogens is 509 g/mol. The van der Waals surface area contributed by atoms with Gasteiger partial charge in [-0.25, -0.2) is 0 Å². The number of hydrogen-bond donors (Lipinski definition) is 1. The summed E-state index contributed by atoms with van der Waals surface area (Å²) >= 11 is 12.6. The lowest BCUT2D eigenvalue weighted by Crippen LogP contribution is -2.31. The Morgan fingerprint density at radius 2 is 1.84 bits per heavy atom. The molecule has 0 saturated carbocycles. The Labute approximate surface area is 229 Å². The fraction of sp³-hybridized carbons (Fsp3) is 0.367. The monoisotopic (exact) mass is 541 g/mol. The van der Waals surface area contributed by atoms with Gasteiger partial charge in [-0.05, 0) is 78.3 Å². The molecule has 7 heteroatoms. The van der Waals surface area contributed by atoms with Gasteiger partial charge >= 0.3 is 0 Å². The van der Waals surface area contributed by atoms with Crippen molar-refractivity contribution in [2.45, 2.75) is 39.2 Å². The van der Waals surface area contributed by atoms with E-state index >= 15 is 0 Å². The normalized spacial score (nSPS) is 19.5. The molecule has 1 aliphatic rings. The van der Waals surface area contributed by atoms with E-state index in [-0.39, 0.29) is 24.5 Å². The molecule has 1 N–H and O–H groups in total. The van der Waals surface area contributed by atoms with Crippen LogP contribution in [0, 0.1) is 18.8 Å². The van der Waals surface area contributed by atoms with E-state index in [4.69, 9.17) is 37.4 Å². The van der Waals surface area contributed by atoms with Gasteiger partial charge in [0.05, 0.1) is 25.5 Å². The summed E-state index contributed by atoms with van der Waals surface area (Å²) < 4.78 is 17.5. The van der Waals surface area contributed by atoms with E-state index in [9.17, 15) is 4.79 Å². The van der Waals surface area contributed by atoms with Crippen LogP contribution in [0.25, 0.3) is 0 Å². The van der Waals surface area contributed by atoms with Crippen LogP contribution in [-0.2, 0) is 9.53 Å². The zero-order valence-electron chi connectivity index (χ0n) is 21.6. The van der Waals surface area contributed by atoms with Gasteiger partial charge in [0, 0.05) is 16.0 Å². The molecule has 0 spiro atoms. The largest absolute Gasteiger partial charge is 0.495 e. The summed E-state index contributed by atoms with van der Waals surface area (Å²) in [6, 6.07) is 19.1. The number of methoxy groups -OCH3 is 1. The lowest BCUT2D eigenvalue weighted by atomic mass is 9.76. The van der Waals surface area contributed by atoms with E-state index in [1.165, 1.54) is 0 Å². The van der Waals surface area contributed by atoms with Crippen LogP contribution in [0.1, 0.15) is 49.0 Å². The Morgan fingerprint density at radius 3 is 2.51 bits per heavy atom. The molecule has 0 bridgehead atoms. The smallest absolute Gasteiger partial charge is 0.262 e. The third-order valence-corrected chi connectivity index (χ3v) is 7.45. The maximum absolute atomic E-state index is 12.5. The highest BCUT2D eigenvalue weighted by molar-refractivity contribution is 6.35. The fourth-order valence-corrected chi connectivity index (χ4v) is 5.45. The Bertz CT molecular complexity index is 1230. The van der Waals surface area contributed by atoms with Crippen LogP contribution in [0.4, 0.5) is 5.69 Å². The molecule has 5 nitrogen and oxygen atoms in total. The van der Waals surface area contributed by atoms with Crippen molar-refractivity contribution in [3.63, 3.8) is 0 Å². The Balaban J connectivity index is 1.38. The molecule has 0 aromatic heterocycles. The minimum Gasteiger partial charge on any atom is -0.495 e. The summed E-state index contributed by atoms with van der Waals surface area (Å²) in [5.41, 5.74) is 3.83. The number of amides is 1. The number of carbonyl (C=O) groups is 1. The van der Waals surface area contributed by atoms with Crippen LogP contribution in [0.5, 0.6) is 11.5 Å². The van der Waals surface area contributed by atoms with Crippen molar-refractivity contribution in [1.82, 2.24) is 0 Å². The minimum absolute atomic E-state index is 0.0199. The van der Waals surface area contributed by atoms with Crippen molar-refractivity contribution in [3.8, 4) is 11.5 Å². The number of carbonyl (C=O) groups excluding carboxylic acids is 1. The Hall–Kier alpha value is -2.73. The number of rotatable bonds is 8. The van der Waals surface area contributed by atoms with Crippen molar-refractivity contribution in [1.29, 1.82) is 0 Å². The number of benzene rings is 3. The molecule has 37 heavy (non-hydrogen) atoms. The second-order valence-corrected chi connectivity index (χ2v) is 10.7. The van der Waals surface area contributed by atoms with E-state index in [1.54, 1.807) is 13.2 Å². The van der Waals surface area contributed by atoms with Gasteiger partial charge in [-0.15, -0.1) is 0 Å². The van der Waals surface area contributed by atoms with Gasteiger partial charge in [0.1, 0.15) is 11.5 Å². The van der Waals surface area contributed by atoms with Crippen LogP contribution in [-0.4, -0.2) is 26.2 Å². The number of ether oxygens (including phenoxy) is 3.